The van der Waals surface area contributed by atoms with Gasteiger partial charge in [0.25, 0.3) is 0 Å². The van der Waals surface area contributed by atoms with Gasteiger partial charge in [0.05, 0.1) is 0 Å². The van der Waals surface area contributed by atoms with Crippen molar-refractivity contribution in [2.45, 2.75) is 44.7 Å². The zero-order valence-corrected chi connectivity index (χ0v) is 9.15. The van der Waals surface area contributed by atoms with Crippen molar-refractivity contribution >= 4 is 5.91 Å². The van der Waals surface area contributed by atoms with Crippen LogP contribution in [0.1, 0.15) is 38.5 Å². The van der Waals surface area contributed by atoms with E-state index in [0.717, 1.165) is 0 Å². The average molecular weight is 241 g/mol. The highest BCUT2D eigenvalue weighted by molar-refractivity contribution is 5.75. The number of aliphatic hydroxyl groups excluding tert-OH is 1. The minimum Gasteiger partial charge on any atom is -0.396 e. The van der Waals surface area contributed by atoms with E-state index in [1.54, 1.807) is 0 Å². The second kappa shape index (κ2) is 8.38. The highest BCUT2D eigenvalue weighted by Crippen LogP contribution is 2.22. The first kappa shape index (κ1) is 15.2. The van der Waals surface area contributed by atoms with E-state index >= 15 is 0 Å². The zero-order chi connectivity index (χ0) is 12.4. The average Bonchev–Trinajstić information content (AvgIpc) is 2.18. The predicted molar refractivity (Wildman–Crippen MR) is 53.9 cm³/mol. The monoisotopic (exact) mass is 241 g/mol. The molecule has 0 rings (SSSR count). The third-order valence-electron chi connectivity index (χ3n) is 2.02. The number of alkyl halides is 3. The second-order valence-corrected chi connectivity index (χ2v) is 3.60. The van der Waals surface area contributed by atoms with Gasteiger partial charge in [-0.1, -0.05) is 0 Å². The third-order valence-corrected chi connectivity index (χ3v) is 2.02. The van der Waals surface area contributed by atoms with Crippen LogP contribution in [0.5, 0.6) is 0 Å². The van der Waals surface area contributed by atoms with Gasteiger partial charge in [-0.3, -0.25) is 4.79 Å². The summed E-state index contributed by atoms with van der Waals surface area (Å²) < 4.78 is 35.2. The fourth-order valence-electron chi connectivity index (χ4n) is 1.16. The number of carbonyl (C=O) groups is 1. The van der Waals surface area contributed by atoms with Crippen molar-refractivity contribution in [3.05, 3.63) is 0 Å². The third kappa shape index (κ3) is 11.3. The summed E-state index contributed by atoms with van der Waals surface area (Å²) in [7, 11) is 0. The Morgan fingerprint density at radius 2 is 1.81 bits per heavy atom. The number of amides is 1. The van der Waals surface area contributed by atoms with Gasteiger partial charge in [-0.25, -0.2) is 0 Å². The van der Waals surface area contributed by atoms with Crippen molar-refractivity contribution in [2.75, 3.05) is 13.2 Å². The lowest BCUT2D eigenvalue weighted by atomic mass is 10.2. The topological polar surface area (TPSA) is 49.3 Å². The molecule has 0 aromatic heterocycles. The first-order valence-electron chi connectivity index (χ1n) is 5.40. The standard InChI is InChI=1S/C10H18F3NO2/c11-10(12,13)6-2-1-5-9(16)14-7-3-4-8-15/h15H,1-8H2,(H,14,16). The van der Waals surface area contributed by atoms with E-state index in [2.05, 4.69) is 5.32 Å². The Balaban J connectivity index is 3.31. The molecular formula is C10H18F3NO2. The van der Waals surface area contributed by atoms with Crippen molar-refractivity contribution in [3.63, 3.8) is 0 Å². The van der Waals surface area contributed by atoms with Crippen molar-refractivity contribution in [3.8, 4) is 0 Å². The largest absolute Gasteiger partial charge is 0.396 e. The van der Waals surface area contributed by atoms with Gasteiger partial charge in [0, 0.05) is 26.0 Å². The van der Waals surface area contributed by atoms with Crippen LogP contribution < -0.4 is 5.32 Å². The molecule has 0 aliphatic carbocycles. The maximum atomic E-state index is 11.7. The molecule has 0 unspecified atom stereocenters. The van der Waals surface area contributed by atoms with Crippen LogP contribution in [0.25, 0.3) is 0 Å². The van der Waals surface area contributed by atoms with Gasteiger partial charge in [0.1, 0.15) is 0 Å². The van der Waals surface area contributed by atoms with E-state index in [1.165, 1.54) is 0 Å². The molecule has 0 radical (unpaired) electrons. The molecule has 0 aliphatic heterocycles. The summed E-state index contributed by atoms with van der Waals surface area (Å²) in [4.78, 5) is 11.1. The Morgan fingerprint density at radius 3 is 2.38 bits per heavy atom. The van der Waals surface area contributed by atoms with Gasteiger partial charge in [-0.05, 0) is 25.7 Å². The second-order valence-electron chi connectivity index (χ2n) is 3.60. The molecule has 0 atom stereocenters. The van der Waals surface area contributed by atoms with Crippen molar-refractivity contribution in [1.29, 1.82) is 0 Å². The molecule has 1 amide bonds. The normalized spacial score (nSPS) is 11.5. The van der Waals surface area contributed by atoms with Crippen LogP contribution >= 0.6 is 0 Å². The first-order chi connectivity index (χ1) is 7.45. The van der Waals surface area contributed by atoms with Crippen LogP contribution in [0.3, 0.4) is 0 Å². The molecule has 0 spiro atoms. The molecule has 6 heteroatoms. The van der Waals surface area contributed by atoms with E-state index < -0.39 is 12.6 Å². The molecule has 0 bridgehead atoms. The number of hydrogen-bond acceptors (Lipinski definition) is 2. The number of carbonyl (C=O) groups excluding carboxylic acids is 1. The molecule has 96 valence electrons. The van der Waals surface area contributed by atoms with Crippen molar-refractivity contribution in [2.24, 2.45) is 0 Å². The SMILES string of the molecule is O=C(CCCCC(F)(F)F)NCCCCO. The smallest absolute Gasteiger partial charge is 0.389 e. The molecule has 0 aromatic carbocycles. The Kier molecular flexibility index (Phi) is 7.97. The molecule has 2 N–H and O–H groups in total. The molecule has 0 fully saturated rings. The summed E-state index contributed by atoms with van der Waals surface area (Å²) >= 11 is 0. The van der Waals surface area contributed by atoms with E-state index in [0.29, 0.717) is 19.4 Å². The Morgan fingerprint density at radius 1 is 1.12 bits per heavy atom. The summed E-state index contributed by atoms with van der Waals surface area (Å²) in [5.41, 5.74) is 0. The van der Waals surface area contributed by atoms with Crippen LogP contribution in [-0.2, 0) is 4.79 Å². The number of halogens is 3. The maximum absolute atomic E-state index is 11.7. The Labute approximate surface area is 93.0 Å². The van der Waals surface area contributed by atoms with Gasteiger partial charge < -0.3 is 10.4 Å². The molecule has 0 aromatic rings. The van der Waals surface area contributed by atoms with Crippen LogP contribution in [0.4, 0.5) is 13.2 Å². The minimum atomic E-state index is -4.13. The van der Waals surface area contributed by atoms with Crippen LogP contribution in [0.15, 0.2) is 0 Å². The summed E-state index contributed by atoms with van der Waals surface area (Å²) in [5.74, 6) is -0.222. The Bertz CT molecular complexity index is 195. The van der Waals surface area contributed by atoms with Crippen LogP contribution in [0, 0.1) is 0 Å². The lowest BCUT2D eigenvalue weighted by molar-refractivity contribution is -0.136. The van der Waals surface area contributed by atoms with E-state index in [9.17, 15) is 18.0 Å². The molecule has 0 saturated heterocycles. The molecule has 16 heavy (non-hydrogen) atoms. The molecule has 0 heterocycles. The van der Waals surface area contributed by atoms with Gasteiger partial charge >= 0.3 is 6.18 Å². The van der Waals surface area contributed by atoms with Gasteiger partial charge in [0.15, 0.2) is 0 Å². The number of aliphatic hydroxyl groups is 1. The summed E-state index contributed by atoms with van der Waals surface area (Å²) in [6.07, 6.45) is -3.27. The highest BCUT2D eigenvalue weighted by atomic mass is 19.4. The molecular weight excluding hydrogens is 223 g/mol. The first-order valence-corrected chi connectivity index (χ1v) is 5.40. The lowest BCUT2D eigenvalue weighted by Gasteiger charge is -2.06. The van der Waals surface area contributed by atoms with Crippen molar-refractivity contribution < 1.29 is 23.1 Å². The number of unbranched alkanes of at least 4 members (excludes halogenated alkanes) is 2. The number of nitrogens with one attached hydrogen (secondary N) is 1. The quantitative estimate of drug-likeness (QED) is 0.638. The van der Waals surface area contributed by atoms with Gasteiger partial charge in [0.2, 0.25) is 5.91 Å². The number of rotatable bonds is 8. The zero-order valence-electron chi connectivity index (χ0n) is 9.15. The fraction of sp³-hybridized carbons (Fsp3) is 0.900. The fourth-order valence-corrected chi connectivity index (χ4v) is 1.16. The summed E-state index contributed by atoms with van der Waals surface area (Å²) in [6.45, 7) is 0.556. The van der Waals surface area contributed by atoms with Crippen LogP contribution in [-0.4, -0.2) is 30.3 Å². The van der Waals surface area contributed by atoms with Gasteiger partial charge in [-0.15, -0.1) is 0 Å². The minimum absolute atomic E-state index is 0.00639. The van der Waals surface area contributed by atoms with E-state index in [-0.39, 0.29) is 31.8 Å². The molecule has 3 nitrogen and oxygen atoms in total. The lowest BCUT2D eigenvalue weighted by Crippen LogP contribution is -2.24. The van der Waals surface area contributed by atoms with Gasteiger partial charge in [-0.2, -0.15) is 13.2 Å². The summed E-state index contributed by atoms with van der Waals surface area (Å²) in [5, 5.41) is 11.0. The molecule has 0 saturated carbocycles. The van der Waals surface area contributed by atoms with Crippen LogP contribution in [0.2, 0.25) is 0 Å². The van der Waals surface area contributed by atoms with E-state index in [4.69, 9.17) is 5.11 Å². The highest BCUT2D eigenvalue weighted by Gasteiger charge is 2.25. The maximum Gasteiger partial charge on any atom is 0.389 e. The summed E-state index contributed by atoms with van der Waals surface area (Å²) in [6, 6.07) is 0. The molecule has 0 aliphatic rings. The Hall–Kier alpha value is -0.780. The van der Waals surface area contributed by atoms with Crippen molar-refractivity contribution in [1.82, 2.24) is 5.32 Å². The number of hydrogen-bond donors (Lipinski definition) is 2. The van der Waals surface area contributed by atoms with E-state index in [1.807, 2.05) is 0 Å². The predicted octanol–water partition coefficient (Wildman–Crippen LogP) is 2.00.